The van der Waals surface area contributed by atoms with Gasteiger partial charge in [-0.1, -0.05) is 23.4 Å². The van der Waals surface area contributed by atoms with Crippen molar-refractivity contribution in [1.82, 2.24) is 9.88 Å². The monoisotopic (exact) mass is 439 g/mol. The van der Waals surface area contributed by atoms with Gasteiger partial charge in [0.05, 0.1) is 6.10 Å². The Bertz CT molecular complexity index is 1140. The first-order valence-electron chi connectivity index (χ1n) is 10.8. The molecule has 0 spiro atoms. The Morgan fingerprint density at radius 1 is 1.16 bits per heavy atom. The molecule has 1 saturated heterocycles. The van der Waals surface area contributed by atoms with Crippen LogP contribution in [0.1, 0.15) is 57.0 Å². The molecule has 1 atom stereocenters. The number of likely N-dealkylation sites (tertiary alicyclic amines) is 1. The molecule has 4 rings (SSSR count). The Hall–Kier alpha value is -3.29. The molecule has 1 aliphatic rings. The van der Waals surface area contributed by atoms with Crippen LogP contribution in [0.15, 0.2) is 46.0 Å². The van der Waals surface area contributed by atoms with Gasteiger partial charge in [0.15, 0.2) is 11.5 Å². The Labute approximate surface area is 185 Å². The zero-order chi connectivity index (χ0) is 22.8. The van der Waals surface area contributed by atoms with Gasteiger partial charge in [0.2, 0.25) is 0 Å². The van der Waals surface area contributed by atoms with E-state index >= 15 is 0 Å². The van der Waals surface area contributed by atoms with Crippen LogP contribution in [0.2, 0.25) is 0 Å². The van der Waals surface area contributed by atoms with Crippen molar-refractivity contribution in [2.24, 2.45) is 5.18 Å². The van der Waals surface area contributed by atoms with E-state index in [0.29, 0.717) is 35.6 Å². The van der Waals surface area contributed by atoms with E-state index in [-0.39, 0.29) is 23.7 Å². The summed E-state index contributed by atoms with van der Waals surface area (Å²) < 4.78 is 25.7. The van der Waals surface area contributed by atoms with Crippen LogP contribution < -0.4 is 0 Å². The van der Waals surface area contributed by atoms with Gasteiger partial charge >= 0.3 is 6.09 Å². The zero-order valence-electron chi connectivity index (χ0n) is 18.4. The third kappa shape index (κ3) is 4.49. The SMILES string of the molecule is CC(C)OC(=O)N1CCC(c2nc3cc(-c4ccc(C(C)N=O)c(F)c4)ccc3o2)CC1. The number of carbonyl (C=O) groups is 1. The van der Waals surface area contributed by atoms with Crippen molar-refractivity contribution in [3.63, 3.8) is 0 Å². The summed E-state index contributed by atoms with van der Waals surface area (Å²) in [4.78, 5) is 29.2. The Kier molecular flexibility index (Phi) is 6.21. The number of fused-ring (bicyclic) bond motifs is 1. The number of ether oxygens (including phenoxy) is 1. The van der Waals surface area contributed by atoms with Gasteiger partial charge in [-0.15, -0.1) is 0 Å². The molecule has 0 N–H and O–H groups in total. The lowest BCUT2D eigenvalue weighted by Crippen LogP contribution is -2.39. The number of oxazole rings is 1. The van der Waals surface area contributed by atoms with E-state index in [1.807, 2.05) is 32.0 Å². The summed E-state index contributed by atoms with van der Waals surface area (Å²) >= 11 is 0. The van der Waals surface area contributed by atoms with Crippen LogP contribution in [0, 0.1) is 10.7 Å². The Balaban J connectivity index is 1.50. The number of amides is 1. The number of carbonyl (C=O) groups excluding carboxylic acids is 1. The van der Waals surface area contributed by atoms with Gasteiger partial charge in [0.1, 0.15) is 17.4 Å². The van der Waals surface area contributed by atoms with Crippen molar-refractivity contribution < 1.29 is 18.3 Å². The summed E-state index contributed by atoms with van der Waals surface area (Å²) in [7, 11) is 0. The van der Waals surface area contributed by atoms with E-state index in [1.54, 1.807) is 24.0 Å². The number of hydrogen-bond donors (Lipinski definition) is 0. The first-order chi connectivity index (χ1) is 15.4. The van der Waals surface area contributed by atoms with Crippen LogP contribution >= 0.6 is 0 Å². The predicted octanol–water partition coefficient (Wildman–Crippen LogP) is 6.19. The van der Waals surface area contributed by atoms with Crippen LogP contribution in [0.5, 0.6) is 0 Å². The molecule has 8 heteroatoms. The molecule has 7 nitrogen and oxygen atoms in total. The number of aromatic nitrogens is 1. The maximum Gasteiger partial charge on any atom is 0.410 e. The molecule has 32 heavy (non-hydrogen) atoms. The molecule has 1 aromatic heterocycles. The second kappa shape index (κ2) is 9.06. The molecule has 0 aliphatic carbocycles. The molecule has 0 bridgehead atoms. The van der Waals surface area contributed by atoms with Gasteiger partial charge < -0.3 is 14.1 Å². The normalized spacial score (nSPS) is 15.8. The van der Waals surface area contributed by atoms with Gasteiger partial charge in [-0.3, -0.25) is 0 Å². The second-order valence-electron chi connectivity index (χ2n) is 8.45. The third-order valence-corrected chi connectivity index (χ3v) is 5.79. The Morgan fingerprint density at radius 3 is 2.50 bits per heavy atom. The van der Waals surface area contributed by atoms with E-state index in [1.165, 1.54) is 6.07 Å². The van der Waals surface area contributed by atoms with Gasteiger partial charge in [0.25, 0.3) is 0 Å². The number of nitrogens with zero attached hydrogens (tertiary/aromatic N) is 3. The molecule has 0 saturated carbocycles. The molecular weight excluding hydrogens is 413 g/mol. The highest BCUT2D eigenvalue weighted by Gasteiger charge is 2.28. The van der Waals surface area contributed by atoms with Gasteiger partial charge in [-0.25, -0.2) is 14.2 Å². The molecule has 0 radical (unpaired) electrons. The number of piperidine rings is 1. The fourth-order valence-electron chi connectivity index (χ4n) is 3.99. The van der Waals surface area contributed by atoms with Crippen molar-refractivity contribution in [1.29, 1.82) is 0 Å². The molecule has 1 amide bonds. The molecular formula is C24H26FN3O4. The number of nitroso groups, excluding NO2 is 1. The standard InChI is InChI=1S/C24H26FN3O4/c1-14(2)31-24(29)28-10-8-16(9-11-28)23-26-21-13-18(5-7-22(21)32-23)17-4-6-19(15(3)27-30)20(25)12-17/h4-7,12-16H,8-11H2,1-3H3. The van der Waals surface area contributed by atoms with E-state index in [0.717, 1.165) is 18.4 Å². The van der Waals surface area contributed by atoms with Gasteiger partial charge in [0, 0.05) is 24.6 Å². The average Bonchev–Trinajstić information content (AvgIpc) is 3.21. The summed E-state index contributed by atoms with van der Waals surface area (Å²) in [6.07, 6.45) is 1.09. The third-order valence-electron chi connectivity index (χ3n) is 5.79. The summed E-state index contributed by atoms with van der Waals surface area (Å²) in [6.45, 7) is 6.43. The lowest BCUT2D eigenvalue weighted by molar-refractivity contribution is 0.0681. The highest BCUT2D eigenvalue weighted by molar-refractivity contribution is 5.80. The number of benzene rings is 2. The van der Waals surface area contributed by atoms with Crippen LogP contribution in [0.25, 0.3) is 22.2 Å². The molecule has 2 heterocycles. The second-order valence-corrected chi connectivity index (χ2v) is 8.45. The molecule has 1 aliphatic heterocycles. The van der Waals surface area contributed by atoms with Crippen molar-refractivity contribution in [2.45, 2.75) is 51.7 Å². The Morgan fingerprint density at radius 2 is 1.84 bits per heavy atom. The topological polar surface area (TPSA) is 85.0 Å². The predicted molar refractivity (Wildman–Crippen MR) is 119 cm³/mol. The fraction of sp³-hybridized carbons (Fsp3) is 0.417. The van der Waals surface area contributed by atoms with E-state index in [4.69, 9.17) is 9.15 Å². The first-order valence-corrected chi connectivity index (χ1v) is 10.8. The summed E-state index contributed by atoms with van der Waals surface area (Å²) in [5.74, 6) is 0.322. The number of rotatable bonds is 5. The van der Waals surface area contributed by atoms with Crippen molar-refractivity contribution in [3.05, 3.63) is 58.6 Å². The lowest BCUT2D eigenvalue weighted by Gasteiger charge is -2.30. The number of hydrogen-bond acceptors (Lipinski definition) is 6. The lowest BCUT2D eigenvalue weighted by atomic mass is 9.97. The number of halogens is 1. The van der Waals surface area contributed by atoms with Crippen molar-refractivity contribution in [2.75, 3.05) is 13.1 Å². The summed E-state index contributed by atoms with van der Waals surface area (Å²) in [5, 5.41) is 2.90. The van der Waals surface area contributed by atoms with Crippen LogP contribution in [0.3, 0.4) is 0 Å². The molecule has 3 aromatic rings. The average molecular weight is 439 g/mol. The maximum absolute atomic E-state index is 14.4. The maximum atomic E-state index is 14.4. The quantitative estimate of drug-likeness (QED) is 0.443. The smallest absolute Gasteiger partial charge is 0.410 e. The van der Waals surface area contributed by atoms with Gasteiger partial charge in [-0.2, -0.15) is 4.91 Å². The van der Waals surface area contributed by atoms with Crippen LogP contribution in [-0.4, -0.2) is 35.2 Å². The first kappa shape index (κ1) is 21.9. The molecule has 168 valence electrons. The molecule has 1 unspecified atom stereocenters. The highest BCUT2D eigenvalue weighted by atomic mass is 19.1. The van der Waals surface area contributed by atoms with E-state index in [2.05, 4.69) is 10.2 Å². The summed E-state index contributed by atoms with van der Waals surface area (Å²) in [5.41, 5.74) is 3.14. The van der Waals surface area contributed by atoms with Crippen molar-refractivity contribution in [3.8, 4) is 11.1 Å². The minimum Gasteiger partial charge on any atom is -0.447 e. The van der Waals surface area contributed by atoms with Crippen LogP contribution in [0.4, 0.5) is 9.18 Å². The minimum atomic E-state index is -0.733. The summed E-state index contributed by atoms with van der Waals surface area (Å²) in [6, 6.07) is 9.60. The van der Waals surface area contributed by atoms with E-state index < -0.39 is 11.9 Å². The van der Waals surface area contributed by atoms with Crippen LogP contribution in [-0.2, 0) is 4.74 Å². The highest BCUT2D eigenvalue weighted by Crippen LogP contribution is 2.33. The largest absolute Gasteiger partial charge is 0.447 e. The zero-order valence-corrected chi connectivity index (χ0v) is 18.4. The minimum absolute atomic E-state index is 0.128. The van der Waals surface area contributed by atoms with Crippen molar-refractivity contribution >= 4 is 17.2 Å². The molecule has 1 fully saturated rings. The van der Waals surface area contributed by atoms with E-state index in [9.17, 15) is 14.1 Å². The molecule has 2 aromatic carbocycles. The van der Waals surface area contributed by atoms with Gasteiger partial charge in [-0.05, 0) is 62.9 Å². The fourth-order valence-corrected chi connectivity index (χ4v) is 3.99.